The average molecular weight is 739 g/mol. The highest BCUT2D eigenvalue weighted by Crippen LogP contribution is 2.58. The smallest absolute Gasteiger partial charge is 0.192 e. The maximum absolute atomic E-state index is 15.0. The molecule has 0 radical (unpaired) electrons. The van der Waals surface area contributed by atoms with Crippen molar-refractivity contribution in [3.8, 4) is 33.8 Å². The van der Waals surface area contributed by atoms with Crippen molar-refractivity contribution < 1.29 is 27.8 Å². The molecule has 4 aromatic carbocycles. The lowest BCUT2D eigenvalue weighted by atomic mass is 9.73. The number of ether oxygens (including phenoxy) is 2. The standard InChI is InChI=1S/C26H35FO2Si.C20H21FO2/c1-10-26(5,6)24-19-15-17(16-29-30(8,9)25(2,3)4)11-12-18(19)22-20(27)13-14-21(28-7)23(22)24;1-5-20(2,3)19-14-10-12(11-22)6-7-13(14)17-15(21)8-9-16(23-4)18(17)19/h10-15,24H,1,16H2,2-9H3;5-10,19,22H,1,11H2,2-4H3. The van der Waals surface area contributed by atoms with E-state index in [0.717, 1.165) is 50.3 Å². The zero-order valence-corrected chi connectivity index (χ0v) is 34.3. The molecule has 0 saturated heterocycles. The Morgan fingerprint density at radius 1 is 0.679 bits per heavy atom. The zero-order valence-electron chi connectivity index (χ0n) is 33.3. The summed E-state index contributed by atoms with van der Waals surface area (Å²) in [6, 6.07) is 18.3. The molecule has 2 aliphatic carbocycles. The topological polar surface area (TPSA) is 47.9 Å². The van der Waals surface area contributed by atoms with Crippen LogP contribution in [0, 0.1) is 22.5 Å². The Kier molecular flexibility index (Phi) is 11.1. The Balaban J connectivity index is 0.000000211. The molecule has 4 nitrogen and oxygen atoms in total. The fourth-order valence-corrected chi connectivity index (χ4v) is 8.50. The molecule has 0 spiro atoms. The van der Waals surface area contributed by atoms with Gasteiger partial charge in [0.15, 0.2) is 8.32 Å². The van der Waals surface area contributed by atoms with Crippen LogP contribution in [0.5, 0.6) is 11.5 Å². The molecule has 0 aromatic heterocycles. The van der Waals surface area contributed by atoms with Gasteiger partial charge in [0.05, 0.1) is 27.4 Å². The maximum Gasteiger partial charge on any atom is 0.192 e. The third kappa shape index (κ3) is 7.16. The summed E-state index contributed by atoms with van der Waals surface area (Å²) >= 11 is 0. The van der Waals surface area contributed by atoms with Crippen LogP contribution in [0.2, 0.25) is 18.1 Å². The summed E-state index contributed by atoms with van der Waals surface area (Å²) in [7, 11) is 1.39. The van der Waals surface area contributed by atoms with E-state index >= 15 is 0 Å². The predicted molar refractivity (Wildman–Crippen MR) is 216 cm³/mol. The second-order valence-electron chi connectivity index (χ2n) is 17.0. The van der Waals surface area contributed by atoms with Crippen LogP contribution in [0.25, 0.3) is 22.3 Å². The highest BCUT2D eigenvalue weighted by Gasteiger charge is 2.43. The number of methoxy groups -OCH3 is 2. The molecular formula is C46H56F2O4Si. The number of allylic oxidation sites excluding steroid dienone is 2. The van der Waals surface area contributed by atoms with E-state index in [1.54, 1.807) is 26.4 Å². The zero-order chi connectivity index (χ0) is 39.3. The summed E-state index contributed by atoms with van der Waals surface area (Å²) in [5, 5.41) is 9.63. The molecule has 6 rings (SSSR count). The van der Waals surface area contributed by atoms with Gasteiger partial charge in [0.1, 0.15) is 23.1 Å². The normalized spacial score (nSPS) is 16.1. The molecular weight excluding hydrogens is 683 g/mol. The number of fused-ring (bicyclic) bond motifs is 6. The molecule has 282 valence electrons. The number of hydrogen-bond donors (Lipinski definition) is 1. The highest BCUT2D eigenvalue weighted by atomic mass is 28.4. The van der Waals surface area contributed by atoms with E-state index in [2.05, 4.69) is 86.9 Å². The third-order valence-electron chi connectivity index (χ3n) is 11.8. The summed E-state index contributed by atoms with van der Waals surface area (Å²) in [6.45, 7) is 28.3. The number of halogens is 2. The van der Waals surface area contributed by atoms with E-state index in [1.165, 1.54) is 12.1 Å². The monoisotopic (exact) mass is 738 g/mol. The first-order valence-electron chi connectivity index (χ1n) is 18.3. The van der Waals surface area contributed by atoms with Crippen LogP contribution < -0.4 is 9.47 Å². The lowest BCUT2D eigenvalue weighted by molar-refractivity contribution is 0.276. The van der Waals surface area contributed by atoms with Crippen molar-refractivity contribution in [3.05, 3.63) is 131 Å². The number of aliphatic hydroxyl groups excluding tert-OH is 1. The van der Waals surface area contributed by atoms with Gasteiger partial charge in [-0.2, -0.15) is 0 Å². The number of aliphatic hydroxyl groups is 1. The van der Waals surface area contributed by atoms with E-state index in [-0.39, 0.29) is 45.9 Å². The second-order valence-corrected chi connectivity index (χ2v) is 21.9. The fraction of sp³-hybridized carbons (Fsp3) is 0.391. The minimum absolute atomic E-state index is 0.0292. The molecule has 0 heterocycles. The Bertz CT molecular complexity index is 2040. The van der Waals surface area contributed by atoms with Crippen LogP contribution in [-0.4, -0.2) is 27.6 Å². The lowest BCUT2D eigenvalue weighted by Crippen LogP contribution is -2.40. The Morgan fingerprint density at radius 2 is 1.09 bits per heavy atom. The van der Waals surface area contributed by atoms with Crippen molar-refractivity contribution >= 4 is 8.32 Å². The molecule has 2 aliphatic rings. The first kappa shape index (κ1) is 40.1. The lowest BCUT2D eigenvalue weighted by Gasteiger charge is -2.36. The molecule has 2 unspecified atom stereocenters. The highest BCUT2D eigenvalue weighted by molar-refractivity contribution is 6.74. The summed E-state index contributed by atoms with van der Waals surface area (Å²) in [4.78, 5) is 0. The van der Waals surface area contributed by atoms with Crippen LogP contribution in [-0.2, 0) is 17.6 Å². The van der Waals surface area contributed by atoms with Crippen molar-refractivity contribution in [2.24, 2.45) is 10.8 Å². The number of benzene rings is 4. The van der Waals surface area contributed by atoms with Crippen molar-refractivity contribution in [1.29, 1.82) is 0 Å². The first-order chi connectivity index (χ1) is 24.8. The van der Waals surface area contributed by atoms with Gasteiger partial charge in [-0.1, -0.05) is 97.0 Å². The Morgan fingerprint density at radius 3 is 1.47 bits per heavy atom. The van der Waals surface area contributed by atoms with Gasteiger partial charge >= 0.3 is 0 Å². The molecule has 53 heavy (non-hydrogen) atoms. The van der Waals surface area contributed by atoms with E-state index in [9.17, 15) is 13.9 Å². The van der Waals surface area contributed by atoms with Gasteiger partial charge in [-0.05, 0) is 86.6 Å². The second kappa shape index (κ2) is 14.7. The van der Waals surface area contributed by atoms with Crippen molar-refractivity contribution in [2.45, 2.75) is 91.6 Å². The molecule has 0 bridgehead atoms. The van der Waals surface area contributed by atoms with Gasteiger partial charge in [-0.3, -0.25) is 0 Å². The van der Waals surface area contributed by atoms with Gasteiger partial charge < -0.3 is 19.0 Å². The first-order valence-corrected chi connectivity index (χ1v) is 21.2. The predicted octanol–water partition coefficient (Wildman–Crippen LogP) is 12.3. The molecule has 7 heteroatoms. The van der Waals surface area contributed by atoms with Crippen molar-refractivity contribution in [2.75, 3.05) is 14.2 Å². The van der Waals surface area contributed by atoms with E-state index in [0.29, 0.717) is 23.5 Å². The SMILES string of the molecule is C=CC(C)(C)C1c2cc(CO)ccc2-c2c(F)ccc(OC)c21.C=CC(C)(C)C1c2cc(CO[Si](C)(C)C(C)(C)C)ccc2-c2c(F)ccc(OC)c21. The summed E-state index contributed by atoms with van der Waals surface area (Å²) < 4.78 is 47.2. The molecule has 0 saturated carbocycles. The number of rotatable bonds is 10. The van der Waals surface area contributed by atoms with Crippen LogP contribution >= 0.6 is 0 Å². The molecule has 1 N–H and O–H groups in total. The van der Waals surface area contributed by atoms with Gasteiger partial charge in [-0.25, -0.2) is 8.78 Å². The molecule has 0 amide bonds. The molecule has 4 aromatic rings. The minimum atomic E-state index is -1.86. The minimum Gasteiger partial charge on any atom is -0.496 e. The molecule has 0 aliphatic heterocycles. The van der Waals surface area contributed by atoms with Crippen LogP contribution in [0.3, 0.4) is 0 Å². The van der Waals surface area contributed by atoms with Gasteiger partial charge in [-0.15, -0.1) is 13.2 Å². The van der Waals surface area contributed by atoms with E-state index in [4.69, 9.17) is 13.9 Å². The van der Waals surface area contributed by atoms with Crippen molar-refractivity contribution in [1.82, 2.24) is 0 Å². The fourth-order valence-electron chi connectivity index (χ4n) is 7.54. The quantitative estimate of drug-likeness (QED) is 0.130. The van der Waals surface area contributed by atoms with Crippen LogP contribution in [0.1, 0.15) is 93.7 Å². The average Bonchev–Trinajstić information content (AvgIpc) is 3.66. The van der Waals surface area contributed by atoms with E-state index < -0.39 is 8.32 Å². The Hall–Kier alpha value is -4.04. The van der Waals surface area contributed by atoms with E-state index in [1.807, 2.05) is 36.4 Å². The van der Waals surface area contributed by atoms with Crippen LogP contribution in [0.4, 0.5) is 8.78 Å². The third-order valence-corrected chi connectivity index (χ3v) is 16.3. The van der Waals surface area contributed by atoms with Gasteiger partial charge in [0, 0.05) is 34.1 Å². The van der Waals surface area contributed by atoms with Crippen LogP contribution in [0.15, 0.2) is 86.0 Å². The Labute approximate surface area is 316 Å². The molecule has 0 fully saturated rings. The summed E-state index contributed by atoms with van der Waals surface area (Å²) in [5.74, 6) is 0.853. The molecule has 2 atom stereocenters. The number of hydrogen-bond acceptors (Lipinski definition) is 4. The van der Waals surface area contributed by atoms with Gasteiger partial charge in [0.25, 0.3) is 0 Å². The maximum atomic E-state index is 15.0. The summed E-state index contributed by atoms with van der Waals surface area (Å²) in [5.41, 5.74) is 8.37. The van der Waals surface area contributed by atoms with Crippen molar-refractivity contribution in [3.63, 3.8) is 0 Å². The van der Waals surface area contributed by atoms with Gasteiger partial charge in [0.2, 0.25) is 0 Å². The summed E-state index contributed by atoms with van der Waals surface area (Å²) in [6.07, 6.45) is 3.85. The largest absolute Gasteiger partial charge is 0.496 e.